The van der Waals surface area contributed by atoms with Crippen molar-refractivity contribution in [1.29, 1.82) is 0 Å². The topological polar surface area (TPSA) is 107 Å². The second-order valence-corrected chi connectivity index (χ2v) is 5.87. The van der Waals surface area contributed by atoms with E-state index in [4.69, 9.17) is 23.1 Å². The molecule has 10 heteroatoms. The summed E-state index contributed by atoms with van der Waals surface area (Å²) in [7, 11) is 0. The van der Waals surface area contributed by atoms with Gasteiger partial charge in [0.05, 0.1) is 6.42 Å². The van der Waals surface area contributed by atoms with E-state index in [0.29, 0.717) is 21.5 Å². The van der Waals surface area contributed by atoms with E-state index in [0.717, 1.165) is 0 Å². The van der Waals surface area contributed by atoms with E-state index in [2.05, 4.69) is 4.99 Å². The van der Waals surface area contributed by atoms with Gasteiger partial charge in [-0.25, -0.2) is 0 Å². The maximum atomic E-state index is 12.4. The zero-order valence-electron chi connectivity index (χ0n) is 13.0. The van der Waals surface area contributed by atoms with Crippen LogP contribution in [0.15, 0.2) is 23.2 Å². The summed E-state index contributed by atoms with van der Waals surface area (Å²) in [6, 6.07) is 4.59. The Hall–Kier alpha value is -2.42. The largest absolute Gasteiger partial charge is 0.494 e. The smallest absolute Gasteiger partial charge is 0.389 e. The molecule has 0 saturated heterocycles. The van der Waals surface area contributed by atoms with E-state index in [1.54, 1.807) is 0 Å². The van der Waals surface area contributed by atoms with Crippen molar-refractivity contribution in [2.45, 2.75) is 32.0 Å². The van der Waals surface area contributed by atoms with Gasteiger partial charge in [0, 0.05) is 34.5 Å². The molecule has 0 aliphatic heterocycles. The van der Waals surface area contributed by atoms with Crippen LogP contribution in [0.1, 0.15) is 18.5 Å². The summed E-state index contributed by atoms with van der Waals surface area (Å²) in [5.41, 5.74) is 10.6. The van der Waals surface area contributed by atoms with Gasteiger partial charge in [-0.1, -0.05) is 11.6 Å². The first-order valence-electron chi connectivity index (χ1n) is 7.27. The molecule has 1 amide bonds. The Bertz CT molecular complexity index is 826. The van der Waals surface area contributed by atoms with Crippen LogP contribution in [0.5, 0.6) is 5.88 Å². The third-order valence-corrected chi connectivity index (χ3v) is 3.76. The van der Waals surface area contributed by atoms with Gasteiger partial charge >= 0.3 is 6.18 Å². The molecule has 0 aliphatic rings. The number of nitrogens with zero attached hydrogens (tertiary/aromatic N) is 2. The second-order valence-electron chi connectivity index (χ2n) is 5.44. The van der Waals surface area contributed by atoms with Crippen LogP contribution in [0, 0.1) is 0 Å². The Balaban J connectivity index is 2.43. The van der Waals surface area contributed by atoms with Crippen molar-refractivity contribution in [3.63, 3.8) is 0 Å². The van der Waals surface area contributed by atoms with Crippen LogP contribution in [0.2, 0.25) is 5.02 Å². The van der Waals surface area contributed by atoms with Gasteiger partial charge in [0.25, 0.3) is 5.91 Å². The number of guanidine groups is 1. The molecule has 2 aromatic rings. The predicted octanol–water partition coefficient (Wildman–Crippen LogP) is 2.69. The molecule has 25 heavy (non-hydrogen) atoms. The summed E-state index contributed by atoms with van der Waals surface area (Å²) < 4.78 is 38.4. The molecule has 0 spiro atoms. The molecule has 1 heterocycles. The van der Waals surface area contributed by atoms with E-state index in [1.807, 2.05) is 0 Å². The van der Waals surface area contributed by atoms with Gasteiger partial charge in [-0.3, -0.25) is 4.79 Å². The molecule has 0 aliphatic carbocycles. The van der Waals surface area contributed by atoms with E-state index >= 15 is 0 Å². The Morgan fingerprint density at radius 1 is 1.28 bits per heavy atom. The first-order valence-corrected chi connectivity index (χ1v) is 7.65. The fourth-order valence-corrected chi connectivity index (χ4v) is 2.74. The number of amides is 1. The van der Waals surface area contributed by atoms with Crippen LogP contribution in [0.4, 0.5) is 13.2 Å². The molecular weight excluding hydrogens is 361 g/mol. The summed E-state index contributed by atoms with van der Waals surface area (Å²) in [5.74, 6) is -1.34. The minimum Gasteiger partial charge on any atom is -0.494 e. The van der Waals surface area contributed by atoms with Crippen LogP contribution in [0.3, 0.4) is 0 Å². The van der Waals surface area contributed by atoms with Gasteiger partial charge in [0.1, 0.15) is 0 Å². The lowest BCUT2D eigenvalue weighted by atomic mass is 10.1. The third-order valence-electron chi connectivity index (χ3n) is 3.53. The predicted molar refractivity (Wildman–Crippen MR) is 88.4 cm³/mol. The average molecular weight is 377 g/mol. The lowest BCUT2D eigenvalue weighted by molar-refractivity contribution is -0.136. The van der Waals surface area contributed by atoms with Crippen molar-refractivity contribution in [1.82, 2.24) is 4.57 Å². The van der Waals surface area contributed by atoms with Crippen molar-refractivity contribution < 1.29 is 23.1 Å². The van der Waals surface area contributed by atoms with Crippen LogP contribution < -0.4 is 11.5 Å². The van der Waals surface area contributed by atoms with E-state index in [1.165, 1.54) is 22.8 Å². The molecule has 0 fully saturated rings. The third kappa shape index (κ3) is 4.79. The summed E-state index contributed by atoms with van der Waals surface area (Å²) in [6.45, 7) is -0.123. The highest BCUT2D eigenvalue weighted by Crippen LogP contribution is 2.34. The number of hydrogen-bond acceptors (Lipinski definition) is 2. The van der Waals surface area contributed by atoms with Crippen molar-refractivity contribution in [3.8, 4) is 5.88 Å². The van der Waals surface area contributed by atoms with E-state index in [9.17, 15) is 23.1 Å². The van der Waals surface area contributed by atoms with Crippen LogP contribution >= 0.6 is 11.6 Å². The lowest BCUT2D eigenvalue weighted by Gasteiger charge is -2.11. The van der Waals surface area contributed by atoms with Crippen molar-refractivity contribution in [3.05, 3.63) is 28.9 Å². The lowest BCUT2D eigenvalue weighted by Crippen LogP contribution is -2.24. The first-order chi connectivity index (χ1) is 11.6. The second kappa shape index (κ2) is 7.22. The number of aromatic nitrogens is 1. The molecule has 2 rings (SSSR count). The summed E-state index contributed by atoms with van der Waals surface area (Å²) in [6.07, 6.45) is -5.86. The van der Waals surface area contributed by atoms with Crippen molar-refractivity contribution >= 4 is 34.2 Å². The Morgan fingerprint density at radius 3 is 2.56 bits per heavy atom. The number of carbonyl (C=O) groups is 1. The number of aliphatic imine (C=N–C) groups is 1. The molecule has 0 unspecified atom stereocenters. The fourth-order valence-electron chi connectivity index (χ4n) is 2.56. The van der Waals surface area contributed by atoms with Gasteiger partial charge in [-0.05, 0) is 24.6 Å². The fraction of sp³-hybridized carbons (Fsp3) is 0.333. The number of carbonyl (C=O) groups excluding carboxylic acids is 1. The van der Waals surface area contributed by atoms with Gasteiger partial charge < -0.3 is 21.1 Å². The molecular formula is C15H16ClF3N4O2. The minimum absolute atomic E-state index is 0.123. The molecule has 6 nitrogen and oxygen atoms in total. The molecule has 136 valence electrons. The number of hydrogen-bond donors (Lipinski definition) is 3. The maximum absolute atomic E-state index is 12.4. The van der Waals surface area contributed by atoms with Gasteiger partial charge in [0.15, 0.2) is 11.8 Å². The van der Waals surface area contributed by atoms with Crippen molar-refractivity contribution in [2.75, 3.05) is 0 Å². The highest BCUT2D eigenvalue weighted by atomic mass is 35.5. The number of benzene rings is 1. The number of fused-ring (bicyclic) bond motifs is 1. The molecule has 0 radical (unpaired) electrons. The summed E-state index contributed by atoms with van der Waals surface area (Å²) in [4.78, 5) is 15.3. The molecule has 0 saturated carbocycles. The number of nitrogens with two attached hydrogens (primary N) is 2. The number of halogens is 4. The highest BCUT2D eigenvalue weighted by molar-refractivity contribution is 6.31. The van der Waals surface area contributed by atoms with Crippen LogP contribution in [-0.4, -0.2) is 27.7 Å². The highest BCUT2D eigenvalue weighted by Gasteiger charge is 2.27. The zero-order valence-corrected chi connectivity index (χ0v) is 13.7. The summed E-state index contributed by atoms with van der Waals surface area (Å²) >= 11 is 5.95. The van der Waals surface area contributed by atoms with Gasteiger partial charge in [0.2, 0.25) is 0 Å². The Morgan fingerprint density at radius 2 is 1.96 bits per heavy atom. The molecule has 1 aromatic carbocycles. The molecule has 0 bridgehead atoms. The maximum Gasteiger partial charge on any atom is 0.389 e. The number of aromatic hydroxyl groups is 1. The normalized spacial score (nSPS) is 11.7. The van der Waals surface area contributed by atoms with Crippen LogP contribution in [-0.2, 0) is 17.8 Å². The number of alkyl halides is 3. The minimum atomic E-state index is -4.31. The zero-order chi connectivity index (χ0) is 18.8. The molecule has 5 N–H and O–H groups in total. The van der Waals surface area contributed by atoms with Crippen LogP contribution in [0.25, 0.3) is 10.8 Å². The summed E-state index contributed by atoms with van der Waals surface area (Å²) in [5, 5.41) is 11.5. The average Bonchev–Trinajstić information content (AvgIpc) is 2.70. The Labute approximate surface area is 145 Å². The Kier molecular flexibility index (Phi) is 5.46. The number of rotatable bonds is 5. The van der Waals surface area contributed by atoms with E-state index in [-0.39, 0.29) is 25.3 Å². The van der Waals surface area contributed by atoms with E-state index < -0.39 is 24.5 Å². The van der Waals surface area contributed by atoms with Gasteiger partial charge in [-0.15, -0.1) is 0 Å². The monoisotopic (exact) mass is 376 g/mol. The first kappa shape index (κ1) is 18.9. The van der Waals surface area contributed by atoms with Crippen molar-refractivity contribution in [2.24, 2.45) is 16.5 Å². The molecule has 1 aromatic heterocycles. The standard InChI is InChI=1S/C15H16ClF3N4O2/c16-8-2-3-9-10(6-8)11(7-12(24)22-14(20)21)23(13(9)25)5-1-4-15(17,18)19/h2-3,6,25H,1,4-5,7H2,(H4,20,21,22,24). The SMILES string of the molecule is NC(N)=NC(=O)Cc1c2cc(Cl)ccc2c(O)n1CCCC(F)(F)F. The molecule has 0 atom stereocenters. The van der Waals surface area contributed by atoms with Gasteiger partial charge in [-0.2, -0.15) is 18.2 Å². The quantitative estimate of drug-likeness (QED) is 0.551.